The predicted molar refractivity (Wildman–Crippen MR) is 105 cm³/mol. The highest BCUT2D eigenvalue weighted by atomic mass is 32.1. The molecule has 0 unspecified atom stereocenters. The van der Waals surface area contributed by atoms with Crippen molar-refractivity contribution >= 4 is 23.0 Å². The van der Waals surface area contributed by atoms with Crippen molar-refractivity contribution in [2.24, 2.45) is 0 Å². The second-order valence-electron chi connectivity index (χ2n) is 5.69. The minimum absolute atomic E-state index is 0.547. The molecule has 3 aromatic rings. The van der Waals surface area contributed by atoms with Crippen LogP contribution in [0.1, 0.15) is 16.1 Å². The van der Waals surface area contributed by atoms with E-state index in [9.17, 15) is 5.26 Å². The van der Waals surface area contributed by atoms with Gasteiger partial charge in [-0.2, -0.15) is 5.26 Å². The van der Waals surface area contributed by atoms with Crippen molar-refractivity contribution in [1.82, 2.24) is 4.98 Å². The summed E-state index contributed by atoms with van der Waals surface area (Å²) in [5, 5.41) is 12.2. The molecule has 3 rings (SSSR count). The number of nitrogens with zero attached hydrogens (tertiary/aromatic N) is 2. The Kier molecular flexibility index (Phi) is 5.35. The summed E-state index contributed by atoms with van der Waals surface area (Å²) in [6.45, 7) is 2.04. The fourth-order valence-corrected chi connectivity index (χ4v) is 3.29. The lowest BCUT2D eigenvalue weighted by molar-refractivity contribution is 0.355. The summed E-state index contributed by atoms with van der Waals surface area (Å²) in [5.74, 6) is 1.32. The number of methoxy groups -OCH3 is 2. The van der Waals surface area contributed by atoms with E-state index in [0.29, 0.717) is 22.1 Å². The lowest BCUT2D eigenvalue weighted by Crippen LogP contribution is -1.91. The first-order chi connectivity index (χ1) is 12.6. The number of hydrogen-bond acceptors (Lipinski definition) is 5. The Morgan fingerprint density at radius 2 is 1.81 bits per heavy atom. The first-order valence-corrected chi connectivity index (χ1v) is 8.89. The van der Waals surface area contributed by atoms with E-state index in [1.807, 2.05) is 60.8 Å². The number of rotatable bonds is 5. The average Bonchev–Trinajstić information content (AvgIpc) is 3.17. The van der Waals surface area contributed by atoms with Crippen molar-refractivity contribution in [3.8, 4) is 28.8 Å². The van der Waals surface area contributed by atoms with Crippen molar-refractivity contribution in [3.63, 3.8) is 0 Å². The Bertz CT molecular complexity index is 982. The minimum Gasteiger partial charge on any atom is -0.493 e. The van der Waals surface area contributed by atoms with E-state index in [2.05, 4.69) is 11.1 Å². The van der Waals surface area contributed by atoms with Crippen molar-refractivity contribution in [3.05, 3.63) is 64.0 Å². The molecule has 0 saturated heterocycles. The number of aromatic nitrogens is 1. The topological polar surface area (TPSA) is 55.1 Å². The number of aryl methyl sites for hydroxylation is 1. The quantitative estimate of drug-likeness (QED) is 0.585. The molecular weight excluding hydrogens is 344 g/mol. The van der Waals surface area contributed by atoms with Gasteiger partial charge in [-0.25, -0.2) is 4.98 Å². The Labute approximate surface area is 157 Å². The van der Waals surface area contributed by atoms with Crippen LogP contribution in [0.5, 0.6) is 11.5 Å². The van der Waals surface area contributed by atoms with Gasteiger partial charge in [-0.3, -0.25) is 0 Å². The number of allylic oxidation sites excluding steroid dienone is 1. The Balaban J connectivity index is 1.93. The number of hydrogen-bond donors (Lipinski definition) is 0. The van der Waals surface area contributed by atoms with E-state index in [-0.39, 0.29) is 0 Å². The Hall–Kier alpha value is -3.10. The van der Waals surface area contributed by atoms with E-state index in [1.165, 1.54) is 16.9 Å². The Morgan fingerprint density at radius 3 is 2.46 bits per heavy atom. The fraction of sp³-hybridized carbons (Fsp3) is 0.143. The van der Waals surface area contributed by atoms with Crippen molar-refractivity contribution in [1.29, 1.82) is 5.26 Å². The average molecular weight is 362 g/mol. The molecule has 0 fully saturated rings. The lowest BCUT2D eigenvalue weighted by Gasteiger charge is -2.08. The molecule has 0 saturated carbocycles. The van der Waals surface area contributed by atoms with E-state index in [0.717, 1.165) is 16.8 Å². The van der Waals surface area contributed by atoms with Crippen LogP contribution in [0.2, 0.25) is 0 Å². The zero-order valence-corrected chi connectivity index (χ0v) is 15.6. The molecule has 0 aliphatic heterocycles. The number of ether oxygens (including phenoxy) is 2. The summed E-state index contributed by atoms with van der Waals surface area (Å²) >= 11 is 1.45. The molecule has 2 aromatic carbocycles. The van der Waals surface area contributed by atoms with Gasteiger partial charge in [0.15, 0.2) is 11.5 Å². The third-order valence-electron chi connectivity index (χ3n) is 3.92. The predicted octanol–water partition coefficient (Wildman–Crippen LogP) is 5.20. The number of nitriles is 1. The van der Waals surface area contributed by atoms with Crippen molar-refractivity contribution in [2.45, 2.75) is 6.92 Å². The summed E-state index contributed by atoms with van der Waals surface area (Å²) in [5.41, 5.74) is 4.43. The highest BCUT2D eigenvalue weighted by Crippen LogP contribution is 2.33. The van der Waals surface area contributed by atoms with Gasteiger partial charge in [0.1, 0.15) is 11.1 Å². The fourth-order valence-electron chi connectivity index (χ4n) is 2.50. The zero-order chi connectivity index (χ0) is 18.5. The van der Waals surface area contributed by atoms with Gasteiger partial charge in [-0.1, -0.05) is 29.8 Å². The standard InChI is InChI=1S/C21H18N2O2S/c1-14-4-6-15(7-5-14)10-17(12-22)21-23-18(13-26-21)16-8-9-19(24-2)20(11-16)25-3/h4-11,13H,1-3H3. The van der Waals surface area contributed by atoms with E-state index < -0.39 is 0 Å². The molecule has 1 aromatic heterocycles. The molecule has 0 atom stereocenters. The van der Waals surface area contributed by atoms with Crippen LogP contribution in [0.4, 0.5) is 0 Å². The monoisotopic (exact) mass is 362 g/mol. The first kappa shape index (κ1) is 17.7. The number of thiazole rings is 1. The maximum absolute atomic E-state index is 9.54. The smallest absolute Gasteiger partial charge is 0.161 e. The summed E-state index contributed by atoms with van der Waals surface area (Å²) in [6.07, 6.45) is 1.86. The van der Waals surface area contributed by atoms with E-state index in [1.54, 1.807) is 14.2 Å². The normalized spacial score (nSPS) is 11.1. The SMILES string of the molecule is COc1ccc(-c2csc(C(C#N)=Cc3ccc(C)cc3)n2)cc1OC. The van der Waals surface area contributed by atoms with Crippen LogP contribution in [-0.4, -0.2) is 19.2 Å². The van der Waals surface area contributed by atoms with Gasteiger partial charge < -0.3 is 9.47 Å². The zero-order valence-electron chi connectivity index (χ0n) is 14.8. The van der Waals surface area contributed by atoms with E-state index in [4.69, 9.17) is 9.47 Å². The molecule has 0 spiro atoms. The highest BCUT2D eigenvalue weighted by Gasteiger charge is 2.11. The molecule has 0 amide bonds. The third kappa shape index (κ3) is 3.76. The van der Waals surface area contributed by atoms with Crippen molar-refractivity contribution in [2.75, 3.05) is 14.2 Å². The van der Waals surface area contributed by atoms with Gasteiger partial charge in [-0.15, -0.1) is 11.3 Å². The van der Waals surface area contributed by atoms with E-state index >= 15 is 0 Å². The third-order valence-corrected chi connectivity index (χ3v) is 4.80. The maximum Gasteiger partial charge on any atom is 0.161 e. The van der Waals surface area contributed by atoms with Crippen LogP contribution < -0.4 is 9.47 Å². The molecule has 0 N–H and O–H groups in total. The van der Waals surface area contributed by atoms with Gasteiger partial charge in [-0.05, 0) is 36.8 Å². The highest BCUT2D eigenvalue weighted by molar-refractivity contribution is 7.11. The molecule has 1 heterocycles. The van der Waals surface area contributed by atoms with Gasteiger partial charge in [0.05, 0.1) is 25.5 Å². The van der Waals surface area contributed by atoms with Crippen molar-refractivity contribution < 1.29 is 9.47 Å². The molecule has 0 bridgehead atoms. The molecule has 0 radical (unpaired) electrons. The second kappa shape index (κ2) is 7.85. The number of benzene rings is 2. The molecule has 4 nitrogen and oxygen atoms in total. The van der Waals surface area contributed by atoms with Crippen LogP contribution >= 0.6 is 11.3 Å². The molecule has 0 aliphatic carbocycles. The van der Waals surface area contributed by atoms with Gasteiger partial charge in [0, 0.05) is 10.9 Å². The summed E-state index contributed by atoms with van der Waals surface area (Å²) in [7, 11) is 3.21. The molecule has 130 valence electrons. The van der Waals surface area contributed by atoms with Gasteiger partial charge >= 0.3 is 0 Å². The lowest BCUT2D eigenvalue weighted by atomic mass is 10.1. The minimum atomic E-state index is 0.547. The molecule has 26 heavy (non-hydrogen) atoms. The Morgan fingerprint density at radius 1 is 1.08 bits per heavy atom. The van der Waals surface area contributed by atoms with Gasteiger partial charge in [0.2, 0.25) is 0 Å². The van der Waals surface area contributed by atoms with Gasteiger partial charge in [0.25, 0.3) is 0 Å². The van der Waals surface area contributed by atoms with Crippen LogP contribution in [0.15, 0.2) is 47.8 Å². The summed E-state index contributed by atoms with van der Waals surface area (Å²) in [6, 6.07) is 16.0. The first-order valence-electron chi connectivity index (χ1n) is 8.01. The molecular formula is C21H18N2O2S. The second-order valence-corrected chi connectivity index (χ2v) is 6.55. The van der Waals surface area contributed by atoms with Crippen LogP contribution in [0.3, 0.4) is 0 Å². The summed E-state index contributed by atoms with van der Waals surface area (Å²) < 4.78 is 10.6. The molecule has 0 aliphatic rings. The summed E-state index contributed by atoms with van der Waals surface area (Å²) in [4.78, 5) is 4.63. The largest absolute Gasteiger partial charge is 0.493 e. The van der Waals surface area contributed by atoms with Crippen LogP contribution in [0.25, 0.3) is 22.9 Å². The maximum atomic E-state index is 9.54. The van der Waals surface area contributed by atoms with Crippen LogP contribution in [-0.2, 0) is 0 Å². The molecule has 5 heteroatoms. The van der Waals surface area contributed by atoms with Crippen LogP contribution in [0, 0.1) is 18.3 Å².